The highest BCUT2D eigenvalue weighted by Crippen LogP contribution is 2.46. The Morgan fingerprint density at radius 3 is 0.851 bits per heavy atom. The monoisotopic (exact) mass is 1070 g/mol. The smallest absolute Gasteiger partial charge is 0.147 e. The van der Waals surface area contributed by atoms with Gasteiger partial charge in [-0.3, -0.25) is 0 Å². The highest BCUT2D eigenvalue weighted by molar-refractivity contribution is 7.34. The van der Waals surface area contributed by atoms with Crippen molar-refractivity contribution < 1.29 is 0 Å². The van der Waals surface area contributed by atoms with E-state index in [2.05, 4.69) is 64.1 Å². The first-order valence-electron chi connectivity index (χ1n) is 30.7. The summed E-state index contributed by atoms with van der Waals surface area (Å²) in [7, 11) is 0. The lowest BCUT2D eigenvalue weighted by molar-refractivity contribution is 0.380. The standard InChI is InChI=1S/C66H96N4S4/c1-5-9-13-17-21-25-29-33-37-51(38-34-30-26-22-18-14-10-6-2)41-43-55-61(53(47-67)48-68)73-65-57-45-60-58(46-59(57)71-63(55)65)66-64(72-60)56(62(74-66)54(49-69)50-70)44-42-52(39-35-31-27-23-19-15-11-7-3)40-36-32-28-24-20-16-12-8-4/h45-46,51-52H,5-44H2,1-4H3. The minimum absolute atomic E-state index is 0.254. The topological polar surface area (TPSA) is 95.2 Å². The Balaban J connectivity index is 1.40. The summed E-state index contributed by atoms with van der Waals surface area (Å²) >= 11 is 7.01. The number of nitriles is 4. The molecule has 4 nitrogen and oxygen atoms in total. The summed E-state index contributed by atoms with van der Waals surface area (Å²) in [6.45, 7) is 9.17. The van der Waals surface area contributed by atoms with Crippen LogP contribution >= 0.6 is 45.3 Å². The Hall–Kier alpha value is -3.24. The first kappa shape index (κ1) is 61.6. The molecule has 74 heavy (non-hydrogen) atoms. The van der Waals surface area contributed by atoms with Crippen LogP contribution < -0.4 is 9.06 Å². The summed E-state index contributed by atoms with van der Waals surface area (Å²) in [4.78, 5) is 0. The molecule has 0 amide bonds. The van der Waals surface area contributed by atoms with Gasteiger partial charge < -0.3 is 0 Å². The number of benzene rings is 1. The van der Waals surface area contributed by atoms with Gasteiger partial charge in [-0.1, -0.05) is 259 Å². The van der Waals surface area contributed by atoms with E-state index in [4.69, 9.17) is 0 Å². The van der Waals surface area contributed by atoms with Crippen LogP contribution in [0.25, 0.3) is 50.1 Å². The van der Waals surface area contributed by atoms with E-state index >= 15 is 0 Å². The van der Waals surface area contributed by atoms with Gasteiger partial charge in [0, 0.05) is 20.2 Å². The Morgan fingerprint density at radius 1 is 0.338 bits per heavy atom. The molecule has 404 valence electrons. The highest BCUT2D eigenvalue weighted by Gasteiger charge is 2.23. The zero-order valence-electron chi connectivity index (χ0n) is 47.0. The van der Waals surface area contributed by atoms with Gasteiger partial charge in [-0.15, -0.1) is 45.3 Å². The summed E-state index contributed by atoms with van der Waals surface area (Å²) in [5.74, 6) is 1.32. The molecule has 0 saturated carbocycles. The third-order valence-corrected chi connectivity index (χ3v) is 21.5. The maximum Gasteiger partial charge on any atom is 0.147 e. The van der Waals surface area contributed by atoms with Crippen molar-refractivity contribution in [2.75, 3.05) is 0 Å². The number of hydrogen-bond donors (Lipinski definition) is 0. The van der Waals surface area contributed by atoms with Gasteiger partial charge in [-0.05, 0) is 60.8 Å². The van der Waals surface area contributed by atoms with Crippen molar-refractivity contribution in [3.8, 4) is 24.3 Å². The normalized spacial score (nSPS) is 11.7. The SMILES string of the molecule is CCCCCCCCCCC(CCCCCCCCCC)CCc1c(=C(C#N)C#N)sc2c1sc1cc3c(cc12)sc1c(CCC(CCCCCCCCCC)CCCCCCCCCC)c(=C(C#N)C#N)sc13. The van der Waals surface area contributed by atoms with Crippen molar-refractivity contribution >= 4 is 95.5 Å². The van der Waals surface area contributed by atoms with Gasteiger partial charge in [0.1, 0.15) is 35.4 Å². The summed E-state index contributed by atoms with van der Waals surface area (Å²) in [6.07, 6.45) is 52.1. The number of unbranched alkanes of at least 4 members (excludes halogenated alkanes) is 28. The maximum absolute atomic E-state index is 10.3. The van der Waals surface area contributed by atoms with Crippen molar-refractivity contribution in [3.05, 3.63) is 32.3 Å². The zero-order valence-corrected chi connectivity index (χ0v) is 50.3. The van der Waals surface area contributed by atoms with Crippen molar-refractivity contribution in [1.29, 1.82) is 21.0 Å². The van der Waals surface area contributed by atoms with Gasteiger partial charge in [0.25, 0.3) is 0 Å². The lowest BCUT2D eigenvalue weighted by atomic mass is 9.89. The highest BCUT2D eigenvalue weighted by atomic mass is 32.1. The van der Waals surface area contributed by atoms with Gasteiger partial charge in [0.15, 0.2) is 0 Å². The number of rotatable bonds is 42. The summed E-state index contributed by atoms with van der Waals surface area (Å²) in [5, 5.41) is 43.6. The second kappa shape index (κ2) is 36.7. The molecule has 5 rings (SSSR count). The van der Waals surface area contributed by atoms with E-state index < -0.39 is 0 Å². The molecule has 0 spiro atoms. The molecule has 0 atom stereocenters. The largest absolute Gasteiger partial charge is 0.192 e. The second-order valence-corrected chi connectivity index (χ2v) is 26.4. The zero-order chi connectivity index (χ0) is 52.6. The lowest BCUT2D eigenvalue weighted by Crippen LogP contribution is -2.09. The number of fused-ring (bicyclic) bond motifs is 6. The molecule has 4 aromatic heterocycles. The Bertz CT molecular complexity index is 2420. The summed E-state index contributed by atoms with van der Waals surface area (Å²) in [6, 6.07) is 14.0. The van der Waals surface area contributed by atoms with Gasteiger partial charge in [-0.25, -0.2) is 0 Å². The van der Waals surface area contributed by atoms with Gasteiger partial charge in [-0.2, -0.15) is 21.0 Å². The Labute approximate surface area is 466 Å². The maximum atomic E-state index is 10.3. The first-order chi connectivity index (χ1) is 36.5. The molecule has 0 saturated heterocycles. The van der Waals surface area contributed by atoms with Crippen LogP contribution in [0.15, 0.2) is 12.1 Å². The quantitative estimate of drug-likeness (QED) is 0.0364. The third kappa shape index (κ3) is 19.6. The fourth-order valence-electron chi connectivity index (χ4n) is 11.7. The van der Waals surface area contributed by atoms with Crippen molar-refractivity contribution in [2.45, 2.75) is 285 Å². The van der Waals surface area contributed by atoms with Crippen LogP contribution in [0, 0.1) is 57.2 Å². The Morgan fingerprint density at radius 2 is 0.595 bits per heavy atom. The molecule has 0 aliphatic heterocycles. The molecule has 0 N–H and O–H groups in total. The fourth-order valence-corrected chi connectivity index (χ4v) is 17.3. The first-order valence-corrected chi connectivity index (χ1v) is 33.9. The molecule has 0 aliphatic carbocycles. The van der Waals surface area contributed by atoms with Gasteiger partial charge in [0.05, 0.1) is 27.9 Å². The van der Waals surface area contributed by atoms with E-state index in [-0.39, 0.29) is 11.1 Å². The number of nitrogens with zero attached hydrogens (tertiary/aromatic N) is 4. The fraction of sp³-hybridized carbons (Fsp3) is 0.697. The average molecular weight is 1070 g/mol. The third-order valence-electron chi connectivity index (χ3n) is 16.3. The van der Waals surface area contributed by atoms with Crippen LogP contribution in [-0.2, 0) is 12.8 Å². The predicted molar refractivity (Wildman–Crippen MR) is 329 cm³/mol. The van der Waals surface area contributed by atoms with Crippen molar-refractivity contribution in [1.82, 2.24) is 0 Å². The molecule has 1 aromatic carbocycles. The van der Waals surface area contributed by atoms with Crippen molar-refractivity contribution in [3.63, 3.8) is 0 Å². The number of aryl methyl sites for hydroxylation is 2. The van der Waals surface area contributed by atoms with E-state index in [9.17, 15) is 21.0 Å². The second-order valence-electron chi connectivity index (χ2n) is 22.2. The molecule has 0 unspecified atom stereocenters. The van der Waals surface area contributed by atoms with Crippen LogP contribution in [0.1, 0.15) is 283 Å². The van der Waals surface area contributed by atoms with Crippen LogP contribution in [0.5, 0.6) is 0 Å². The molecule has 0 radical (unpaired) electrons. The van der Waals surface area contributed by atoms with Crippen LogP contribution in [0.2, 0.25) is 0 Å². The molecular weight excluding hydrogens is 977 g/mol. The van der Waals surface area contributed by atoms with Crippen molar-refractivity contribution in [2.24, 2.45) is 11.8 Å². The molecule has 0 aliphatic rings. The molecule has 8 heteroatoms. The lowest BCUT2D eigenvalue weighted by Gasteiger charge is -2.17. The molecular formula is C66H96N4S4. The summed E-state index contributed by atoms with van der Waals surface area (Å²) < 4.78 is 9.21. The summed E-state index contributed by atoms with van der Waals surface area (Å²) in [5.41, 5.74) is 2.94. The molecule has 5 aromatic rings. The minimum Gasteiger partial charge on any atom is -0.192 e. The Kier molecular flexibility index (Phi) is 30.6. The van der Waals surface area contributed by atoms with E-state index in [1.807, 2.05) is 22.7 Å². The average Bonchev–Trinajstić information content (AvgIpc) is 4.15. The number of hydrogen-bond acceptors (Lipinski definition) is 8. The molecule has 0 bridgehead atoms. The molecule has 4 heterocycles. The van der Waals surface area contributed by atoms with Crippen LogP contribution in [0.4, 0.5) is 0 Å². The van der Waals surface area contributed by atoms with E-state index in [0.717, 1.165) is 34.7 Å². The van der Waals surface area contributed by atoms with Gasteiger partial charge >= 0.3 is 0 Å². The number of thiophene rings is 4. The molecule has 0 fully saturated rings. The van der Waals surface area contributed by atoms with Gasteiger partial charge in [0.2, 0.25) is 0 Å². The predicted octanol–water partition coefficient (Wildman–Crippen LogP) is 22.2. The van der Waals surface area contributed by atoms with E-state index in [1.54, 1.807) is 22.7 Å². The van der Waals surface area contributed by atoms with E-state index in [1.165, 1.54) is 281 Å². The minimum atomic E-state index is 0.254. The van der Waals surface area contributed by atoms with Crippen LogP contribution in [0.3, 0.4) is 0 Å². The van der Waals surface area contributed by atoms with Crippen LogP contribution in [-0.4, -0.2) is 0 Å². The van der Waals surface area contributed by atoms with E-state index in [0.29, 0.717) is 11.8 Å².